The van der Waals surface area contributed by atoms with E-state index in [0.717, 1.165) is 0 Å². The number of hydrogen-bond acceptors (Lipinski definition) is 5. The zero-order chi connectivity index (χ0) is 13.4. The van der Waals surface area contributed by atoms with E-state index in [1.165, 1.54) is 11.8 Å². The van der Waals surface area contributed by atoms with Crippen LogP contribution in [-0.2, 0) is 9.53 Å². The summed E-state index contributed by atoms with van der Waals surface area (Å²) in [7, 11) is 0. The van der Waals surface area contributed by atoms with Crippen LogP contribution in [0.25, 0.3) is 0 Å². The van der Waals surface area contributed by atoms with Gasteiger partial charge in [-0.15, -0.1) is 11.8 Å². The number of benzene rings is 1. The van der Waals surface area contributed by atoms with Crippen molar-refractivity contribution in [2.45, 2.75) is 6.92 Å². The first-order valence-electron chi connectivity index (χ1n) is 5.46. The SMILES string of the molecule is CCOC(=O)C(C#N)C(=Nc1ccccc1)SC. The lowest BCUT2D eigenvalue weighted by molar-refractivity contribution is -0.143. The first-order valence-corrected chi connectivity index (χ1v) is 6.69. The fourth-order valence-corrected chi connectivity index (χ4v) is 1.87. The Morgan fingerprint density at radius 1 is 1.50 bits per heavy atom. The first kappa shape index (κ1) is 14.3. The number of carbonyl (C=O) groups is 1. The van der Waals surface area contributed by atoms with Gasteiger partial charge in [0.25, 0.3) is 0 Å². The first-order chi connectivity index (χ1) is 8.72. The summed E-state index contributed by atoms with van der Waals surface area (Å²) in [5.74, 6) is -1.51. The molecule has 0 bridgehead atoms. The lowest BCUT2D eigenvalue weighted by Gasteiger charge is -2.09. The van der Waals surface area contributed by atoms with Crippen LogP contribution in [0.4, 0.5) is 5.69 Å². The largest absolute Gasteiger partial charge is 0.465 e. The summed E-state index contributed by atoms with van der Waals surface area (Å²) < 4.78 is 4.86. The highest BCUT2D eigenvalue weighted by atomic mass is 32.2. The van der Waals surface area contributed by atoms with E-state index in [9.17, 15) is 4.79 Å². The molecule has 0 heterocycles. The van der Waals surface area contributed by atoms with Crippen LogP contribution in [0.1, 0.15) is 6.92 Å². The zero-order valence-corrected chi connectivity index (χ0v) is 11.1. The molecule has 0 saturated carbocycles. The average Bonchev–Trinajstić information content (AvgIpc) is 2.40. The molecular formula is C13H14N2O2S. The van der Waals surface area contributed by atoms with E-state index >= 15 is 0 Å². The van der Waals surface area contributed by atoms with E-state index in [4.69, 9.17) is 10.00 Å². The second-order valence-electron chi connectivity index (χ2n) is 3.30. The number of thioether (sulfide) groups is 1. The van der Waals surface area contributed by atoms with Gasteiger partial charge in [-0.2, -0.15) is 5.26 Å². The van der Waals surface area contributed by atoms with Gasteiger partial charge in [0.1, 0.15) is 5.04 Å². The van der Waals surface area contributed by atoms with Crippen molar-refractivity contribution in [3.8, 4) is 6.07 Å². The van der Waals surface area contributed by atoms with Crippen molar-refractivity contribution in [3.63, 3.8) is 0 Å². The molecule has 0 spiro atoms. The molecule has 0 amide bonds. The molecule has 18 heavy (non-hydrogen) atoms. The van der Waals surface area contributed by atoms with Gasteiger partial charge >= 0.3 is 5.97 Å². The molecule has 1 rings (SSSR count). The van der Waals surface area contributed by atoms with Crippen LogP contribution < -0.4 is 0 Å². The molecule has 0 fully saturated rings. The molecular weight excluding hydrogens is 248 g/mol. The molecule has 5 heteroatoms. The monoisotopic (exact) mass is 262 g/mol. The number of aliphatic imine (C=N–C) groups is 1. The smallest absolute Gasteiger partial charge is 0.330 e. The predicted molar refractivity (Wildman–Crippen MR) is 72.8 cm³/mol. The average molecular weight is 262 g/mol. The van der Waals surface area contributed by atoms with Gasteiger partial charge in [0, 0.05) is 0 Å². The number of ether oxygens (including phenoxy) is 1. The molecule has 0 aliphatic rings. The number of esters is 1. The Bertz CT molecular complexity index is 466. The van der Waals surface area contributed by atoms with Crippen molar-refractivity contribution in [2.75, 3.05) is 12.9 Å². The Hall–Kier alpha value is -1.80. The third kappa shape index (κ3) is 3.90. The van der Waals surface area contributed by atoms with Crippen molar-refractivity contribution >= 4 is 28.5 Å². The van der Waals surface area contributed by atoms with Crippen LogP contribution in [0.3, 0.4) is 0 Å². The number of nitriles is 1. The minimum Gasteiger partial charge on any atom is -0.465 e. The minimum absolute atomic E-state index is 0.254. The Labute approximate surface area is 111 Å². The normalized spacial score (nSPS) is 12.6. The Morgan fingerprint density at radius 3 is 2.67 bits per heavy atom. The molecule has 1 aromatic carbocycles. The third-order valence-corrected chi connectivity index (χ3v) is 2.85. The molecule has 1 unspecified atom stereocenters. The van der Waals surface area contributed by atoms with Gasteiger partial charge in [0.05, 0.1) is 18.4 Å². The lowest BCUT2D eigenvalue weighted by Crippen LogP contribution is -2.22. The van der Waals surface area contributed by atoms with Crippen LogP contribution in [0.15, 0.2) is 35.3 Å². The standard InChI is InChI=1S/C13H14N2O2S/c1-3-17-13(16)11(9-14)12(18-2)15-10-7-5-4-6-8-10/h4-8,11H,3H2,1-2H3. The van der Waals surface area contributed by atoms with Gasteiger partial charge in [-0.05, 0) is 25.3 Å². The summed E-state index contributed by atoms with van der Waals surface area (Å²) in [5, 5.41) is 9.50. The summed E-state index contributed by atoms with van der Waals surface area (Å²) >= 11 is 1.28. The van der Waals surface area contributed by atoms with Gasteiger partial charge in [-0.25, -0.2) is 4.99 Å². The van der Waals surface area contributed by atoms with Crippen LogP contribution in [0.5, 0.6) is 0 Å². The van der Waals surface area contributed by atoms with E-state index in [0.29, 0.717) is 10.7 Å². The van der Waals surface area contributed by atoms with Crippen molar-refractivity contribution in [3.05, 3.63) is 30.3 Å². The molecule has 0 aromatic heterocycles. The van der Waals surface area contributed by atoms with Crippen LogP contribution in [0.2, 0.25) is 0 Å². The molecule has 1 aromatic rings. The Kier molecular flexibility index (Phi) is 5.95. The molecule has 0 N–H and O–H groups in total. The van der Waals surface area contributed by atoms with Crippen LogP contribution >= 0.6 is 11.8 Å². The highest BCUT2D eigenvalue weighted by Gasteiger charge is 2.25. The fourth-order valence-electron chi connectivity index (χ4n) is 1.29. The highest BCUT2D eigenvalue weighted by molar-refractivity contribution is 8.13. The van der Waals surface area contributed by atoms with E-state index in [2.05, 4.69) is 4.99 Å². The summed E-state index contributed by atoms with van der Waals surface area (Å²) in [5.41, 5.74) is 0.714. The van der Waals surface area contributed by atoms with Gasteiger partial charge in [0.15, 0.2) is 5.92 Å². The Balaban J connectivity index is 2.98. The van der Waals surface area contributed by atoms with Gasteiger partial charge in [-0.1, -0.05) is 18.2 Å². The van der Waals surface area contributed by atoms with Crippen molar-refractivity contribution in [2.24, 2.45) is 10.9 Å². The third-order valence-electron chi connectivity index (χ3n) is 2.10. The summed E-state index contributed by atoms with van der Waals surface area (Å²) in [4.78, 5) is 15.9. The minimum atomic E-state index is -0.958. The predicted octanol–water partition coefficient (Wildman–Crippen LogP) is 2.78. The zero-order valence-electron chi connectivity index (χ0n) is 10.3. The maximum Gasteiger partial charge on any atom is 0.330 e. The van der Waals surface area contributed by atoms with E-state index < -0.39 is 11.9 Å². The Morgan fingerprint density at radius 2 is 2.17 bits per heavy atom. The molecule has 0 aliphatic carbocycles. The number of rotatable bonds is 4. The summed E-state index contributed by atoms with van der Waals surface area (Å²) in [6.07, 6.45) is 1.78. The van der Waals surface area contributed by atoms with E-state index in [1.807, 2.05) is 36.4 Å². The second kappa shape index (κ2) is 7.51. The number of nitrogens with zero attached hydrogens (tertiary/aromatic N) is 2. The van der Waals surface area contributed by atoms with Crippen LogP contribution in [0, 0.1) is 17.2 Å². The second-order valence-corrected chi connectivity index (χ2v) is 4.13. The molecule has 1 atom stereocenters. The maximum atomic E-state index is 11.6. The molecule has 0 radical (unpaired) electrons. The summed E-state index contributed by atoms with van der Waals surface area (Å²) in [6, 6.07) is 11.1. The molecule has 94 valence electrons. The van der Waals surface area contributed by atoms with E-state index in [-0.39, 0.29) is 6.61 Å². The number of hydrogen-bond donors (Lipinski definition) is 0. The van der Waals surface area contributed by atoms with Gasteiger partial charge in [-0.3, -0.25) is 4.79 Å². The number of carbonyl (C=O) groups excluding carboxylic acids is 1. The topological polar surface area (TPSA) is 62.5 Å². The quantitative estimate of drug-likeness (QED) is 0.475. The number of para-hydroxylation sites is 1. The molecule has 4 nitrogen and oxygen atoms in total. The van der Waals surface area contributed by atoms with Crippen molar-refractivity contribution < 1.29 is 9.53 Å². The van der Waals surface area contributed by atoms with Crippen molar-refractivity contribution in [1.82, 2.24) is 0 Å². The van der Waals surface area contributed by atoms with Gasteiger partial charge < -0.3 is 4.74 Å². The molecule has 0 saturated heterocycles. The van der Waals surface area contributed by atoms with E-state index in [1.54, 1.807) is 13.2 Å². The van der Waals surface area contributed by atoms with Crippen LogP contribution in [-0.4, -0.2) is 23.9 Å². The maximum absolute atomic E-state index is 11.6. The highest BCUT2D eigenvalue weighted by Crippen LogP contribution is 2.19. The van der Waals surface area contributed by atoms with Crippen molar-refractivity contribution in [1.29, 1.82) is 5.26 Å². The lowest BCUT2D eigenvalue weighted by atomic mass is 10.2. The summed E-state index contributed by atoms with van der Waals surface area (Å²) in [6.45, 7) is 1.96. The molecule has 0 aliphatic heterocycles. The van der Waals surface area contributed by atoms with Gasteiger partial charge in [0.2, 0.25) is 0 Å². The fraction of sp³-hybridized carbons (Fsp3) is 0.308.